The van der Waals surface area contributed by atoms with Gasteiger partial charge in [0, 0.05) is 51.3 Å². The average Bonchev–Trinajstić information content (AvgIpc) is 4.00. The Labute approximate surface area is 479 Å². The molecule has 5 N–H and O–H groups in total. The quantitative estimate of drug-likeness (QED) is 0.0921. The lowest BCUT2D eigenvalue weighted by Gasteiger charge is -2.41. The molecule has 22 heteroatoms. The number of likely N-dealkylation sites (N-methyl/N-ethyl adjacent to an activating group) is 3. The van der Waals surface area contributed by atoms with Gasteiger partial charge in [0.1, 0.15) is 42.4 Å². The van der Waals surface area contributed by atoms with Gasteiger partial charge in [-0.3, -0.25) is 29.0 Å². The number of hydrogen-bond donors (Lipinski definition) is 4. The first-order chi connectivity index (χ1) is 39.1. The molecule has 2 bridgehead atoms. The maximum atomic E-state index is 14.8. The van der Waals surface area contributed by atoms with Crippen LogP contribution in [-0.2, 0) is 53.5 Å². The molecule has 0 fully saturated rings. The van der Waals surface area contributed by atoms with Gasteiger partial charge in [-0.15, -0.1) is 0 Å². The summed E-state index contributed by atoms with van der Waals surface area (Å²) < 4.78 is 38.3. The predicted octanol–water partition coefficient (Wildman–Crippen LogP) is 4.79. The molecule has 0 saturated carbocycles. The number of aromatic nitrogens is 2. The number of anilines is 1. The van der Waals surface area contributed by atoms with Crippen LogP contribution in [0.15, 0.2) is 72.0 Å². The van der Waals surface area contributed by atoms with Crippen molar-refractivity contribution in [1.82, 2.24) is 45.6 Å². The molecule has 3 aliphatic heterocycles. The van der Waals surface area contributed by atoms with E-state index in [4.69, 9.17) is 34.8 Å². The second-order valence-corrected chi connectivity index (χ2v) is 22.8. The molecule has 0 radical (unpaired) electrons. The molecule has 3 unspecified atom stereocenters. The number of nitrogens with one attached hydrogen (secondary N) is 3. The first-order valence-electron chi connectivity index (χ1n) is 28.0. The number of amides is 5. The number of nitriles is 1. The molecule has 4 aromatic rings. The van der Waals surface area contributed by atoms with E-state index in [1.165, 1.54) is 34.9 Å². The lowest BCUT2D eigenvalue weighted by Crippen LogP contribution is -2.62. The molecule has 438 valence electrons. The molecular formula is C60H77FN12O9. The molecule has 82 heavy (non-hydrogen) atoms. The van der Waals surface area contributed by atoms with Gasteiger partial charge in [-0.25, -0.2) is 14.4 Å². The zero-order chi connectivity index (χ0) is 59.0. The number of ether oxygens (including phenoxy) is 4. The Bertz CT molecular complexity index is 3090. The van der Waals surface area contributed by atoms with Crippen molar-refractivity contribution < 1.29 is 47.3 Å². The molecule has 4 aliphatic rings. The van der Waals surface area contributed by atoms with E-state index in [9.17, 15) is 33.6 Å². The molecule has 1 aromatic heterocycles. The lowest BCUT2D eigenvalue weighted by molar-refractivity contribution is -0.147. The van der Waals surface area contributed by atoms with Gasteiger partial charge >= 0.3 is 0 Å². The number of benzene rings is 3. The number of fused-ring (bicyclic) bond motifs is 7. The number of rotatable bonds is 19. The van der Waals surface area contributed by atoms with Crippen LogP contribution in [0.25, 0.3) is 0 Å². The van der Waals surface area contributed by atoms with Crippen molar-refractivity contribution in [2.75, 3.05) is 79.5 Å². The minimum absolute atomic E-state index is 0.0226. The maximum absolute atomic E-state index is 14.8. The van der Waals surface area contributed by atoms with Gasteiger partial charge in [-0.1, -0.05) is 51.1 Å². The Hall–Kier alpha value is -7.74. The highest BCUT2D eigenvalue weighted by Gasteiger charge is 2.52. The Morgan fingerprint density at radius 2 is 1.76 bits per heavy atom. The number of carbonyl (C=O) groups excluding carboxylic acids is 5. The van der Waals surface area contributed by atoms with Gasteiger partial charge in [0.15, 0.2) is 11.5 Å². The Kier molecular flexibility index (Phi) is 19.1. The second kappa shape index (κ2) is 26.0. The van der Waals surface area contributed by atoms with Crippen LogP contribution in [-0.4, -0.2) is 163 Å². The summed E-state index contributed by atoms with van der Waals surface area (Å²) in [6.45, 7) is 12.6. The average molecular weight is 1130 g/mol. The highest BCUT2D eigenvalue weighted by Crippen LogP contribution is 2.40. The largest absolute Gasteiger partial charge is 0.491 e. The van der Waals surface area contributed by atoms with Gasteiger partial charge in [-0.2, -0.15) is 10.4 Å². The van der Waals surface area contributed by atoms with Crippen molar-refractivity contribution >= 4 is 41.1 Å². The van der Waals surface area contributed by atoms with Crippen molar-refractivity contribution in [1.29, 1.82) is 5.26 Å². The summed E-state index contributed by atoms with van der Waals surface area (Å²) in [6.07, 6.45) is 3.68. The SMILES string of the molecule is CN[C@H](C)C(=O)N[C@@H](C(=O)N1Cc2cc(OCCOCCOCCC(=O)N(C)CCN3N=C(C#N)C4(C)c5cnc(N)c(n5)O[C@H](C)c5cc(F)ccc5C(=O)N(C)CC34)ccc2C[C@@H]1C(=O)NC1CCCc2ccccc21)C(C)(C)C. The topological polar surface area (TPSA) is 259 Å². The number of hydrogen-bond acceptors (Lipinski definition) is 16. The van der Waals surface area contributed by atoms with Crippen LogP contribution >= 0.6 is 0 Å². The number of aryl methyl sites for hydroxylation is 1. The Morgan fingerprint density at radius 3 is 2.50 bits per heavy atom. The third-order valence-electron chi connectivity index (χ3n) is 16.1. The number of halogens is 1. The fourth-order valence-corrected chi connectivity index (χ4v) is 11.0. The van der Waals surface area contributed by atoms with Crippen LogP contribution in [0.5, 0.6) is 11.6 Å². The second-order valence-electron chi connectivity index (χ2n) is 22.8. The van der Waals surface area contributed by atoms with Crippen LogP contribution in [0, 0.1) is 22.6 Å². The first-order valence-corrected chi connectivity index (χ1v) is 28.0. The van der Waals surface area contributed by atoms with E-state index in [1.54, 1.807) is 56.7 Å². The molecule has 3 aromatic carbocycles. The van der Waals surface area contributed by atoms with E-state index in [2.05, 4.69) is 39.1 Å². The van der Waals surface area contributed by atoms with Crippen molar-refractivity contribution in [2.24, 2.45) is 10.5 Å². The van der Waals surface area contributed by atoms with E-state index in [-0.39, 0.29) is 125 Å². The zero-order valence-corrected chi connectivity index (χ0v) is 48.4. The van der Waals surface area contributed by atoms with Gasteiger partial charge in [-0.05, 0) is 105 Å². The third kappa shape index (κ3) is 13.4. The van der Waals surface area contributed by atoms with Gasteiger partial charge < -0.3 is 55.3 Å². The standard InChI is InChI=1S/C60H77FN12O9/c1-36(64-7)54(75)68-52(59(3,4)5)58(78)72-34-40-29-42(19-17-39(40)30-47(72)55(76)66-46-16-12-14-38-13-10-11-15-43(38)46)81-28-27-80-26-25-79-24-21-51(74)70(8)22-23-73-50-35-71(9)57(77)44-20-18-41(61)31-45(44)37(2)82-56-53(63)65-33-49(67-56)60(50,6)48(32-62)69-73/h10-11,13,15,17-20,29,31,33,36-37,46-47,50,52,64H,12,14,16,21-28,30,34-35H2,1-9H3,(H2,63,65)(H,66,76)(H,68,75)/t36-,37-,46?,47-,50?,52+,60?/m1/s1. The molecule has 0 spiro atoms. The molecule has 21 nitrogen and oxygen atoms in total. The fourth-order valence-electron chi connectivity index (χ4n) is 11.0. The molecule has 4 heterocycles. The number of nitrogens with zero attached hydrogens (tertiary/aromatic N) is 8. The van der Waals surface area contributed by atoms with Crippen LogP contribution < -0.4 is 31.2 Å². The van der Waals surface area contributed by atoms with Crippen LogP contribution in [0.2, 0.25) is 0 Å². The summed E-state index contributed by atoms with van der Waals surface area (Å²) in [7, 11) is 4.97. The summed E-state index contributed by atoms with van der Waals surface area (Å²) in [6, 6.07) is 16.8. The summed E-state index contributed by atoms with van der Waals surface area (Å²) in [5, 5.41) is 26.0. The summed E-state index contributed by atoms with van der Waals surface area (Å²) in [5.74, 6) is -1.51. The number of nitrogens with two attached hydrogens (primary N) is 1. The van der Waals surface area contributed by atoms with Crippen molar-refractivity contribution in [3.63, 3.8) is 0 Å². The normalized spacial score (nSPS) is 21.1. The van der Waals surface area contributed by atoms with E-state index in [0.29, 0.717) is 17.0 Å². The van der Waals surface area contributed by atoms with Crippen LogP contribution in [0.3, 0.4) is 0 Å². The Morgan fingerprint density at radius 1 is 1.01 bits per heavy atom. The molecule has 5 amide bonds. The van der Waals surface area contributed by atoms with Gasteiger partial charge in [0.05, 0.1) is 74.8 Å². The van der Waals surface area contributed by atoms with Crippen LogP contribution in [0.1, 0.15) is 117 Å². The minimum Gasteiger partial charge on any atom is -0.491 e. The maximum Gasteiger partial charge on any atom is 0.258 e. The van der Waals surface area contributed by atoms with E-state index in [1.807, 2.05) is 51.1 Å². The summed E-state index contributed by atoms with van der Waals surface area (Å²) in [4.78, 5) is 83.5. The van der Waals surface area contributed by atoms with Crippen molar-refractivity contribution in [3.05, 3.63) is 112 Å². The molecule has 8 rings (SSSR count). The number of nitrogen functional groups attached to an aromatic ring is 1. The van der Waals surface area contributed by atoms with Crippen molar-refractivity contribution in [2.45, 2.75) is 122 Å². The monoisotopic (exact) mass is 1130 g/mol. The van der Waals surface area contributed by atoms with Gasteiger partial charge in [0.25, 0.3) is 11.8 Å². The zero-order valence-electron chi connectivity index (χ0n) is 48.4. The highest BCUT2D eigenvalue weighted by atomic mass is 19.1. The molecule has 1 aliphatic carbocycles. The van der Waals surface area contributed by atoms with Crippen LogP contribution in [0.4, 0.5) is 10.2 Å². The summed E-state index contributed by atoms with van der Waals surface area (Å²) in [5.41, 5.74) is 9.40. The first kappa shape index (κ1) is 60.4. The van der Waals surface area contributed by atoms with E-state index in [0.717, 1.165) is 36.0 Å². The molecular weight excluding hydrogens is 1050 g/mol. The smallest absolute Gasteiger partial charge is 0.258 e. The molecule has 0 saturated heterocycles. The third-order valence-corrected chi connectivity index (χ3v) is 16.1. The summed E-state index contributed by atoms with van der Waals surface area (Å²) >= 11 is 0. The molecule has 7 atom stereocenters. The fraction of sp³-hybridized carbons (Fsp3) is 0.517. The number of hydrazone groups is 1. The van der Waals surface area contributed by atoms with Gasteiger partial charge in [0.2, 0.25) is 23.6 Å². The number of carbonyl (C=O) groups is 5. The lowest BCUT2D eigenvalue weighted by atomic mass is 9.75. The highest BCUT2D eigenvalue weighted by molar-refractivity contribution is 6.08. The van der Waals surface area contributed by atoms with Crippen molar-refractivity contribution in [3.8, 4) is 17.7 Å². The Balaban J connectivity index is 0.819. The minimum atomic E-state index is -1.19. The predicted molar refractivity (Wildman–Crippen MR) is 304 cm³/mol. The van der Waals surface area contributed by atoms with E-state index < -0.39 is 52.8 Å². The van der Waals surface area contributed by atoms with E-state index >= 15 is 0 Å².